The van der Waals surface area contributed by atoms with Gasteiger partial charge >= 0.3 is 5.97 Å². The predicted molar refractivity (Wildman–Crippen MR) is 99.6 cm³/mol. The lowest BCUT2D eigenvalue weighted by molar-refractivity contribution is 0.0469. The van der Waals surface area contributed by atoms with Crippen LogP contribution in [0.3, 0.4) is 0 Å². The van der Waals surface area contributed by atoms with Crippen LogP contribution >= 0.6 is 11.3 Å². The van der Waals surface area contributed by atoms with Gasteiger partial charge in [-0.1, -0.05) is 6.07 Å². The Kier molecular flexibility index (Phi) is 4.99. The van der Waals surface area contributed by atoms with Gasteiger partial charge < -0.3 is 4.74 Å². The van der Waals surface area contributed by atoms with Crippen molar-refractivity contribution >= 4 is 23.1 Å². The summed E-state index contributed by atoms with van der Waals surface area (Å²) in [5, 5.41) is 6.39. The molecule has 2 heterocycles. The quantitative estimate of drug-likeness (QED) is 0.508. The molecule has 0 N–H and O–H groups in total. The van der Waals surface area contributed by atoms with E-state index in [4.69, 9.17) is 4.74 Å². The van der Waals surface area contributed by atoms with Gasteiger partial charge in [0, 0.05) is 29.8 Å². The predicted octanol–water partition coefficient (Wildman–Crippen LogP) is 3.51. The number of rotatable bonds is 5. The SMILES string of the molecule is Cc1cc(C)c(C(=O)COC(=O)c2csc(-c3cnn(C)c3)n2)cc1C. The number of thiazole rings is 1. The van der Waals surface area contributed by atoms with E-state index in [-0.39, 0.29) is 18.1 Å². The van der Waals surface area contributed by atoms with E-state index < -0.39 is 5.97 Å². The lowest BCUT2D eigenvalue weighted by atomic mass is 9.98. The van der Waals surface area contributed by atoms with Crippen molar-refractivity contribution in [2.45, 2.75) is 20.8 Å². The zero-order chi connectivity index (χ0) is 18.8. The monoisotopic (exact) mass is 369 g/mol. The minimum Gasteiger partial charge on any atom is -0.453 e. The maximum Gasteiger partial charge on any atom is 0.358 e. The molecule has 0 aliphatic heterocycles. The third kappa shape index (κ3) is 3.72. The number of benzene rings is 1. The van der Waals surface area contributed by atoms with Crippen molar-refractivity contribution in [2.24, 2.45) is 7.05 Å². The summed E-state index contributed by atoms with van der Waals surface area (Å²) in [5.74, 6) is -0.826. The molecule has 0 spiro atoms. The van der Waals surface area contributed by atoms with E-state index in [0.29, 0.717) is 10.6 Å². The fraction of sp³-hybridized carbons (Fsp3) is 0.263. The zero-order valence-electron chi connectivity index (χ0n) is 15.1. The van der Waals surface area contributed by atoms with Crippen LogP contribution in [0.15, 0.2) is 29.9 Å². The van der Waals surface area contributed by atoms with Crippen molar-refractivity contribution in [3.8, 4) is 10.6 Å². The van der Waals surface area contributed by atoms with E-state index in [1.54, 1.807) is 16.3 Å². The number of ketones is 1. The number of aryl methyl sites for hydroxylation is 4. The number of hydrogen-bond donors (Lipinski definition) is 0. The largest absolute Gasteiger partial charge is 0.453 e. The molecule has 2 aromatic heterocycles. The van der Waals surface area contributed by atoms with E-state index in [1.165, 1.54) is 11.3 Å². The molecule has 0 aliphatic carbocycles. The second-order valence-electron chi connectivity index (χ2n) is 6.19. The molecule has 0 amide bonds. The number of carbonyl (C=O) groups is 2. The molecular formula is C19H19N3O3S. The third-order valence-corrected chi connectivity index (χ3v) is 5.03. The Balaban J connectivity index is 1.67. The Bertz CT molecular complexity index is 988. The van der Waals surface area contributed by atoms with Crippen LogP contribution in [0.2, 0.25) is 0 Å². The fourth-order valence-corrected chi connectivity index (χ4v) is 3.34. The molecule has 6 nitrogen and oxygen atoms in total. The van der Waals surface area contributed by atoms with Crippen LogP contribution in [0.4, 0.5) is 0 Å². The average molecular weight is 369 g/mol. The van der Waals surface area contributed by atoms with Crippen LogP contribution in [-0.4, -0.2) is 33.1 Å². The number of esters is 1. The molecule has 0 unspecified atom stereocenters. The van der Waals surface area contributed by atoms with Gasteiger partial charge in [-0.3, -0.25) is 9.48 Å². The minimum absolute atomic E-state index is 0.193. The average Bonchev–Trinajstić information content (AvgIpc) is 3.24. The molecule has 0 radical (unpaired) electrons. The minimum atomic E-state index is -0.605. The Morgan fingerprint density at radius 1 is 1.15 bits per heavy atom. The maximum absolute atomic E-state index is 12.4. The molecule has 0 aliphatic rings. The smallest absolute Gasteiger partial charge is 0.358 e. The Morgan fingerprint density at radius 3 is 2.58 bits per heavy atom. The molecule has 0 bridgehead atoms. The van der Waals surface area contributed by atoms with Gasteiger partial charge in [-0.05, 0) is 43.5 Å². The summed E-state index contributed by atoms with van der Waals surface area (Å²) >= 11 is 1.33. The van der Waals surface area contributed by atoms with Gasteiger partial charge in [0.15, 0.2) is 12.3 Å². The van der Waals surface area contributed by atoms with Gasteiger partial charge in [0.05, 0.1) is 6.20 Å². The van der Waals surface area contributed by atoms with Crippen molar-refractivity contribution in [1.29, 1.82) is 0 Å². The normalized spacial score (nSPS) is 10.8. The first kappa shape index (κ1) is 18.0. The first-order valence-corrected chi connectivity index (χ1v) is 8.96. The van der Waals surface area contributed by atoms with E-state index in [0.717, 1.165) is 22.3 Å². The van der Waals surface area contributed by atoms with Crippen molar-refractivity contribution in [2.75, 3.05) is 6.61 Å². The Labute approximate surface area is 155 Å². The van der Waals surface area contributed by atoms with Crippen LogP contribution in [-0.2, 0) is 11.8 Å². The second kappa shape index (κ2) is 7.21. The highest BCUT2D eigenvalue weighted by molar-refractivity contribution is 7.13. The topological polar surface area (TPSA) is 74.1 Å². The number of carbonyl (C=O) groups excluding carboxylic acids is 2. The fourth-order valence-electron chi connectivity index (χ4n) is 2.58. The van der Waals surface area contributed by atoms with Crippen LogP contribution in [0.1, 0.15) is 37.5 Å². The third-order valence-electron chi connectivity index (χ3n) is 4.14. The number of hydrogen-bond acceptors (Lipinski definition) is 6. The molecule has 0 saturated carbocycles. The van der Waals surface area contributed by atoms with Crippen LogP contribution in [0.25, 0.3) is 10.6 Å². The molecule has 7 heteroatoms. The van der Waals surface area contributed by atoms with E-state index in [1.807, 2.05) is 46.1 Å². The molecule has 0 saturated heterocycles. The maximum atomic E-state index is 12.4. The first-order chi connectivity index (χ1) is 12.3. The van der Waals surface area contributed by atoms with E-state index in [9.17, 15) is 9.59 Å². The van der Waals surface area contributed by atoms with Crippen molar-refractivity contribution < 1.29 is 14.3 Å². The number of aromatic nitrogens is 3. The van der Waals surface area contributed by atoms with Crippen LogP contribution < -0.4 is 0 Å². The van der Waals surface area contributed by atoms with Gasteiger partial charge in [0.1, 0.15) is 5.01 Å². The van der Waals surface area contributed by atoms with E-state index in [2.05, 4.69) is 10.1 Å². The molecule has 0 atom stereocenters. The highest BCUT2D eigenvalue weighted by atomic mass is 32.1. The molecular weight excluding hydrogens is 350 g/mol. The Hall–Kier alpha value is -2.80. The molecule has 3 aromatic rings. The molecule has 0 fully saturated rings. The van der Waals surface area contributed by atoms with Crippen molar-refractivity contribution in [3.05, 3.63) is 57.9 Å². The lowest BCUT2D eigenvalue weighted by Gasteiger charge is -2.09. The summed E-state index contributed by atoms with van der Waals surface area (Å²) < 4.78 is 6.82. The molecule has 26 heavy (non-hydrogen) atoms. The summed E-state index contributed by atoms with van der Waals surface area (Å²) in [6.45, 7) is 5.52. The number of ether oxygens (including phenoxy) is 1. The highest BCUT2D eigenvalue weighted by Gasteiger charge is 2.17. The first-order valence-electron chi connectivity index (χ1n) is 8.08. The standard InChI is InChI=1S/C19H19N3O3S/c1-11-5-13(3)15(6-12(11)2)17(23)9-25-19(24)16-10-26-18(21-16)14-7-20-22(4)8-14/h5-8,10H,9H2,1-4H3. The van der Waals surface area contributed by atoms with Crippen LogP contribution in [0, 0.1) is 20.8 Å². The molecule has 1 aromatic carbocycles. The zero-order valence-corrected chi connectivity index (χ0v) is 15.9. The number of nitrogens with zero attached hydrogens (tertiary/aromatic N) is 3. The summed E-state index contributed by atoms with van der Waals surface area (Å²) in [4.78, 5) is 28.8. The summed E-state index contributed by atoms with van der Waals surface area (Å²) in [5.41, 5.74) is 4.64. The summed E-state index contributed by atoms with van der Waals surface area (Å²) in [6.07, 6.45) is 3.50. The lowest BCUT2D eigenvalue weighted by Crippen LogP contribution is -2.15. The highest BCUT2D eigenvalue weighted by Crippen LogP contribution is 2.23. The van der Waals surface area contributed by atoms with E-state index >= 15 is 0 Å². The number of Topliss-reactive ketones (excluding diaryl/α,β-unsaturated/α-hetero) is 1. The van der Waals surface area contributed by atoms with Gasteiger partial charge in [-0.15, -0.1) is 11.3 Å². The van der Waals surface area contributed by atoms with Gasteiger partial charge in [-0.25, -0.2) is 9.78 Å². The second-order valence-corrected chi connectivity index (χ2v) is 7.05. The molecule has 3 rings (SSSR count). The van der Waals surface area contributed by atoms with Gasteiger partial charge in [0.2, 0.25) is 5.78 Å². The van der Waals surface area contributed by atoms with Crippen LogP contribution in [0.5, 0.6) is 0 Å². The Morgan fingerprint density at radius 2 is 1.88 bits per heavy atom. The van der Waals surface area contributed by atoms with Crippen molar-refractivity contribution in [3.63, 3.8) is 0 Å². The van der Waals surface area contributed by atoms with Gasteiger partial charge in [0.25, 0.3) is 0 Å². The summed E-state index contributed by atoms with van der Waals surface area (Å²) in [6, 6.07) is 3.80. The van der Waals surface area contributed by atoms with Crippen molar-refractivity contribution in [1.82, 2.24) is 14.8 Å². The molecule has 134 valence electrons. The summed E-state index contributed by atoms with van der Waals surface area (Å²) in [7, 11) is 1.81. The van der Waals surface area contributed by atoms with Gasteiger partial charge in [-0.2, -0.15) is 5.10 Å².